The van der Waals surface area contributed by atoms with Crippen molar-refractivity contribution in [3.8, 4) is 28.9 Å². The van der Waals surface area contributed by atoms with Crippen molar-refractivity contribution in [1.82, 2.24) is 25.5 Å². The van der Waals surface area contributed by atoms with E-state index in [1.165, 1.54) is 18.2 Å². The summed E-state index contributed by atoms with van der Waals surface area (Å²) in [5.41, 5.74) is 5.89. The van der Waals surface area contributed by atoms with E-state index in [4.69, 9.17) is 10.5 Å². The molecule has 35 heavy (non-hydrogen) atoms. The lowest BCUT2D eigenvalue weighted by atomic mass is 10.2. The lowest BCUT2D eigenvalue weighted by Crippen LogP contribution is -2.30. The van der Waals surface area contributed by atoms with Crippen molar-refractivity contribution in [1.29, 1.82) is 0 Å². The lowest BCUT2D eigenvalue weighted by molar-refractivity contribution is -0.154. The van der Waals surface area contributed by atoms with Crippen LogP contribution in [0.15, 0.2) is 42.5 Å². The molecule has 0 spiro atoms. The van der Waals surface area contributed by atoms with Gasteiger partial charge in [0.2, 0.25) is 17.7 Å². The highest BCUT2D eigenvalue weighted by Gasteiger charge is 2.28. The molecule has 2 aromatic heterocycles. The number of anilines is 1. The minimum atomic E-state index is -4.48. The number of alkyl halides is 3. The number of carbonyl (C=O) groups is 2. The number of hydrogen-bond donors (Lipinski definition) is 3. The van der Waals surface area contributed by atoms with E-state index < -0.39 is 24.7 Å². The maximum atomic E-state index is 12.2. The number of hydrogen-bond acceptors (Lipinski definition) is 9. The molecule has 1 fully saturated rings. The molecular weight excluding hydrogens is 471 g/mol. The number of carbonyl (C=O) groups excluding carboxylic acids is 2. The monoisotopic (exact) mass is 489 g/mol. The van der Waals surface area contributed by atoms with Gasteiger partial charge in [-0.25, -0.2) is 9.97 Å². The van der Waals surface area contributed by atoms with E-state index in [-0.39, 0.29) is 35.0 Å². The molecule has 4 N–H and O–H groups in total. The molecule has 0 radical (unpaired) electrons. The quantitative estimate of drug-likeness (QED) is 0.431. The first-order chi connectivity index (χ1) is 16.7. The Bertz CT molecular complexity index is 1220. The first-order valence-corrected chi connectivity index (χ1v) is 10.2. The van der Waals surface area contributed by atoms with Crippen LogP contribution in [0.4, 0.5) is 19.0 Å². The summed E-state index contributed by atoms with van der Waals surface area (Å²) in [6.07, 6.45) is -3.92. The van der Waals surface area contributed by atoms with Crippen LogP contribution in [-0.2, 0) is 4.79 Å². The maximum absolute atomic E-state index is 12.2. The third-order valence-corrected chi connectivity index (χ3v) is 4.68. The molecule has 0 bridgehead atoms. The first-order valence-electron chi connectivity index (χ1n) is 10.2. The SMILES string of the molecule is NC(=O)c1cc(NC2CCNC2=O)nc(-c2ccc(Oc3ccc(OCC(F)(F)F)nn3)cc2)n1. The van der Waals surface area contributed by atoms with Gasteiger partial charge in [-0.2, -0.15) is 13.2 Å². The number of nitrogens with two attached hydrogens (primary N) is 1. The predicted octanol–water partition coefficient (Wildman–Crippen LogP) is 2.07. The van der Waals surface area contributed by atoms with Crippen LogP contribution in [0.1, 0.15) is 16.9 Å². The molecule has 182 valence electrons. The van der Waals surface area contributed by atoms with Gasteiger partial charge in [0.25, 0.3) is 5.91 Å². The van der Waals surface area contributed by atoms with Gasteiger partial charge in [-0.05, 0) is 30.7 Å². The van der Waals surface area contributed by atoms with Gasteiger partial charge in [0.1, 0.15) is 23.3 Å². The molecule has 1 aliphatic heterocycles. The van der Waals surface area contributed by atoms with Gasteiger partial charge in [0.05, 0.1) is 0 Å². The fourth-order valence-corrected chi connectivity index (χ4v) is 3.07. The van der Waals surface area contributed by atoms with Crippen LogP contribution < -0.4 is 25.8 Å². The second-order valence-corrected chi connectivity index (χ2v) is 7.34. The zero-order valence-electron chi connectivity index (χ0n) is 17.9. The van der Waals surface area contributed by atoms with Crippen LogP contribution in [0.3, 0.4) is 0 Å². The molecule has 1 saturated heterocycles. The molecule has 3 heterocycles. The van der Waals surface area contributed by atoms with E-state index in [9.17, 15) is 22.8 Å². The molecular formula is C21H18F3N7O4. The summed E-state index contributed by atoms with van der Waals surface area (Å²) in [7, 11) is 0. The maximum Gasteiger partial charge on any atom is 0.422 e. The number of halogens is 3. The summed E-state index contributed by atoms with van der Waals surface area (Å²) >= 11 is 0. The van der Waals surface area contributed by atoms with E-state index >= 15 is 0 Å². The molecule has 14 heteroatoms. The van der Waals surface area contributed by atoms with Crippen LogP contribution in [0.25, 0.3) is 11.4 Å². The fourth-order valence-electron chi connectivity index (χ4n) is 3.07. The average molecular weight is 489 g/mol. The van der Waals surface area contributed by atoms with E-state index in [1.54, 1.807) is 24.3 Å². The second-order valence-electron chi connectivity index (χ2n) is 7.34. The summed E-state index contributed by atoms with van der Waals surface area (Å²) < 4.78 is 46.6. The second kappa shape index (κ2) is 9.79. The van der Waals surface area contributed by atoms with E-state index in [1.807, 2.05) is 0 Å². The molecule has 1 aromatic carbocycles. The van der Waals surface area contributed by atoms with E-state index in [0.717, 1.165) is 0 Å². The van der Waals surface area contributed by atoms with Crippen molar-refractivity contribution in [3.05, 3.63) is 48.2 Å². The van der Waals surface area contributed by atoms with Gasteiger partial charge in [0, 0.05) is 30.3 Å². The Hall–Kier alpha value is -4.49. The highest BCUT2D eigenvalue weighted by atomic mass is 19.4. The number of primary amides is 1. The topological polar surface area (TPSA) is 154 Å². The summed E-state index contributed by atoms with van der Waals surface area (Å²) in [6, 6.07) is 9.78. The molecule has 1 aliphatic rings. The normalized spacial score (nSPS) is 15.4. The summed E-state index contributed by atoms with van der Waals surface area (Å²) in [4.78, 5) is 32.1. The van der Waals surface area contributed by atoms with E-state index in [2.05, 4.69) is 35.5 Å². The Labute approximate surface area is 195 Å². The number of benzene rings is 1. The molecule has 0 aliphatic carbocycles. The zero-order chi connectivity index (χ0) is 25.0. The zero-order valence-corrected chi connectivity index (χ0v) is 17.9. The minimum Gasteiger partial charge on any atom is -0.467 e. The minimum absolute atomic E-state index is 0.0284. The van der Waals surface area contributed by atoms with Gasteiger partial charge in [-0.1, -0.05) is 0 Å². The molecule has 2 amide bonds. The third-order valence-electron chi connectivity index (χ3n) is 4.68. The van der Waals surface area contributed by atoms with Crippen LogP contribution in [0, 0.1) is 0 Å². The van der Waals surface area contributed by atoms with Crippen LogP contribution in [-0.4, -0.2) is 57.3 Å². The van der Waals surface area contributed by atoms with Crippen molar-refractivity contribution < 1.29 is 32.2 Å². The largest absolute Gasteiger partial charge is 0.467 e. The van der Waals surface area contributed by atoms with Crippen molar-refractivity contribution in [3.63, 3.8) is 0 Å². The number of aromatic nitrogens is 4. The Morgan fingerprint density at radius 3 is 2.43 bits per heavy atom. The number of nitrogens with zero attached hydrogens (tertiary/aromatic N) is 4. The van der Waals surface area contributed by atoms with Crippen molar-refractivity contribution in [2.75, 3.05) is 18.5 Å². The molecule has 3 aromatic rings. The smallest absolute Gasteiger partial charge is 0.422 e. The standard InChI is InChI=1S/C21H18F3N7O4/c22-21(23,24)10-34-16-5-6-17(31-30-16)35-12-3-1-11(2-4-12)19-28-14(18(25)32)9-15(29-19)27-13-7-8-26-20(13)33/h1-6,9,13H,7-8,10H2,(H2,25,32)(H,26,33)(H,27,28,29). The number of amides is 2. The lowest BCUT2D eigenvalue weighted by Gasteiger charge is -2.13. The van der Waals surface area contributed by atoms with E-state index in [0.29, 0.717) is 24.3 Å². The van der Waals surface area contributed by atoms with Crippen LogP contribution in [0.5, 0.6) is 17.5 Å². The summed E-state index contributed by atoms with van der Waals surface area (Å²) in [6.45, 7) is -0.945. The molecule has 1 unspecified atom stereocenters. The Balaban J connectivity index is 1.47. The molecule has 4 rings (SSSR count). The molecule has 1 atom stereocenters. The Kier molecular flexibility index (Phi) is 6.62. The first kappa shape index (κ1) is 23.7. The molecule has 11 nitrogen and oxygen atoms in total. The Morgan fingerprint density at radius 1 is 1.11 bits per heavy atom. The van der Waals surface area contributed by atoms with Crippen molar-refractivity contribution in [2.45, 2.75) is 18.6 Å². The van der Waals surface area contributed by atoms with Gasteiger partial charge >= 0.3 is 6.18 Å². The Morgan fingerprint density at radius 2 is 1.83 bits per heavy atom. The van der Waals surface area contributed by atoms with Gasteiger partial charge in [-0.15, -0.1) is 10.2 Å². The fraction of sp³-hybridized carbons (Fsp3) is 0.238. The number of nitrogens with one attached hydrogen (secondary N) is 2. The summed E-state index contributed by atoms with van der Waals surface area (Å²) in [5.74, 6) is -0.376. The van der Waals surface area contributed by atoms with Gasteiger partial charge in [-0.3, -0.25) is 9.59 Å². The third kappa shape index (κ3) is 6.31. The predicted molar refractivity (Wildman–Crippen MR) is 115 cm³/mol. The van der Waals surface area contributed by atoms with Crippen LogP contribution in [0.2, 0.25) is 0 Å². The number of ether oxygens (including phenoxy) is 2. The van der Waals surface area contributed by atoms with Crippen molar-refractivity contribution in [2.24, 2.45) is 5.73 Å². The average Bonchev–Trinajstić information content (AvgIpc) is 3.22. The van der Waals surface area contributed by atoms with Gasteiger partial charge < -0.3 is 25.8 Å². The highest BCUT2D eigenvalue weighted by Crippen LogP contribution is 2.25. The van der Waals surface area contributed by atoms with Crippen LogP contribution >= 0.6 is 0 Å². The van der Waals surface area contributed by atoms with Crippen molar-refractivity contribution >= 4 is 17.6 Å². The highest BCUT2D eigenvalue weighted by molar-refractivity contribution is 5.92. The summed E-state index contributed by atoms with van der Waals surface area (Å²) in [5, 5.41) is 12.9. The molecule has 0 saturated carbocycles. The number of rotatable bonds is 8. The van der Waals surface area contributed by atoms with Gasteiger partial charge in [0.15, 0.2) is 12.4 Å².